The fraction of sp³-hybridized carbons (Fsp3) is 0.238. The van der Waals surface area contributed by atoms with E-state index >= 15 is 0 Å². The fourth-order valence-electron chi connectivity index (χ4n) is 3.63. The zero-order chi connectivity index (χ0) is 20.8. The predicted molar refractivity (Wildman–Crippen MR) is 113 cm³/mol. The van der Waals surface area contributed by atoms with E-state index in [4.69, 9.17) is 4.74 Å². The molecule has 0 fully saturated rings. The number of aryl methyl sites for hydroxylation is 1. The molecular weight excluding hydrogens is 382 g/mol. The molecule has 1 amide bonds. The number of hydrogen-bond acceptors (Lipinski definition) is 5. The van der Waals surface area contributed by atoms with Gasteiger partial charge in [0.2, 0.25) is 5.88 Å². The van der Waals surface area contributed by atoms with Crippen molar-refractivity contribution in [2.24, 2.45) is 7.05 Å². The van der Waals surface area contributed by atoms with E-state index < -0.39 is 0 Å². The predicted octanol–water partition coefficient (Wildman–Crippen LogP) is 2.63. The molecule has 2 bridgehead atoms. The minimum atomic E-state index is -0.156. The Balaban J connectivity index is 1.70. The van der Waals surface area contributed by atoms with Crippen molar-refractivity contribution in [3.05, 3.63) is 47.0 Å². The number of likely N-dealkylation sites (N-methyl/N-ethyl adjacent to an activating group) is 1. The average molecular weight is 403 g/mol. The molecule has 0 atom stereocenters. The van der Waals surface area contributed by atoms with E-state index in [1.54, 1.807) is 22.8 Å². The van der Waals surface area contributed by atoms with Crippen molar-refractivity contribution < 1.29 is 9.53 Å². The Labute approximate surface area is 172 Å². The maximum Gasteiger partial charge on any atom is 0.274 e. The second kappa shape index (κ2) is 6.87. The van der Waals surface area contributed by atoms with E-state index in [1.807, 2.05) is 38.3 Å². The van der Waals surface area contributed by atoms with Crippen molar-refractivity contribution in [3.8, 4) is 17.0 Å². The molecule has 5 rings (SSSR count). The molecule has 9 nitrogen and oxygen atoms in total. The first-order valence-corrected chi connectivity index (χ1v) is 9.64. The molecule has 30 heavy (non-hydrogen) atoms. The van der Waals surface area contributed by atoms with Crippen molar-refractivity contribution in [1.82, 2.24) is 35.1 Å². The third-order valence-corrected chi connectivity index (χ3v) is 5.52. The van der Waals surface area contributed by atoms with Gasteiger partial charge >= 0.3 is 0 Å². The summed E-state index contributed by atoms with van der Waals surface area (Å²) in [5.74, 6) is 0.414. The molecule has 4 aromatic rings. The van der Waals surface area contributed by atoms with Gasteiger partial charge in [-0.15, -0.1) is 0 Å². The Kier molecular flexibility index (Phi) is 4.16. The first-order valence-electron chi connectivity index (χ1n) is 9.64. The number of aromatic amines is 2. The van der Waals surface area contributed by atoms with Crippen LogP contribution in [0.5, 0.6) is 5.88 Å². The molecule has 3 aromatic heterocycles. The lowest BCUT2D eigenvalue weighted by molar-refractivity contribution is 0.0766. The molecule has 1 aliphatic rings. The van der Waals surface area contributed by atoms with Crippen molar-refractivity contribution in [3.63, 3.8) is 0 Å². The summed E-state index contributed by atoms with van der Waals surface area (Å²) in [6.45, 7) is 2.69. The van der Waals surface area contributed by atoms with Crippen LogP contribution in [0.2, 0.25) is 0 Å². The van der Waals surface area contributed by atoms with Crippen LogP contribution in [0.25, 0.3) is 34.2 Å². The molecule has 0 saturated heterocycles. The number of nitrogens with zero attached hydrogens (tertiary/aromatic N) is 5. The highest BCUT2D eigenvalue weighted by molar-refractivity contribution is 5.98. The number of hydrogen-bond donors (Lipinski definition) is 2. The van der Waals surface area contributed by atoms with Gasteiger partial charge in [0.15, 0.2) is 5.69 Å². The molecule has 1 aliphatic heterocycles. The van der Waals surface area contributed by atoms with Gasteiger partial charge in [0.25, 0.3) is 5.91 Å². The Bertz CT molecular complexity index is 1290. The first-order chi connectivity index (χ1) is 14.5. The quantitative estimate of drug-likeness (QED) is 0.470. The van der Waals surface area contributed by atoms with Crippen LogP contribution in [0.15, 0.2) is 24.4 Å². The zero-order valence-electron chi connectivity index (χ0n) is 16.9. The summed E-state index contributed by atoms with van der Waals surface area (Å²) in [5.41, 5.74) is 5.65. The number of fused-ring (bicyclic) bond motifs is 4. The van der Waals surface area contributed by atoms with E-state index in [-0.39, 0.29) is 5.91 Å². The van der Waals surface area contributed by atoms with Gasteiger partial charge in [0.05, 0.1) is 29.5 Å². The number of carbonyl (C=O) groups is 1. The van der Waals surface area contributed by atoms with Gasteiger partial charge in [-0.3, -0.25) is 14.6 Å². The summed E-state index contributed by atoms with van der Waals surface area (Å²) in [4.78, 5) is 14.7. The second-order valence-electron chi connectivity index (χ2n) is 7.36. The summed E-state index contributed by atoms with van der Waals surface area (Å²) in [7, 11) is 3.58. The number of H-pyrrole nitrogens is 2. The van der Waals surface area contributed by atoms with Crippen LogP contribution in [-0.4, -0.2) is 61.2 Å². The Morgan fingerprint density at radius 2 is 2.03 bits per heavy atom. The normalized spacial score (nSPS) is 15.4. The minimum absolute atomic E-state index is 0.156. The van der Waals surface area contributed by atoms with Gasteiger partial charge in [0.1, 0.15) is 6.61 Å². The smallest absolute Gasteiger partial charge is 0.274 e. The zero-order valence-corrected chi connectivity index (χ0v) is 16.9. The van der Waals surface area contributed by atoms with E-state index in [2.05, 4.69) is 31.6 Å². The molecule has 9 heteroatoms. The maximum atomic E-state index is 13.0. The summed E-state index contributed by atoms with van der Waals surface area (Å²) < 4.78 is 7.63. The van der Waals surface area contributed by atoms with Crippen LogP contribution in [0, 0.1) is 6.92 Å². The van der Waals surface area contributed by atoms with Gasteiger partial charge < -0.3 is 9.64 Å². The molecule has 4 heterocycles. The highest BCUT2D eigenvalue weighted by Gasteiger charge is 2.22. The number of aromatic nitrogens is 6. The number of rotatable bonds is 0. The fourth-order valence-corrected chi connectivity index (χ4v) is 3.63. The van der Waals surface area contributed by atoms with Crippen LogP contribution in [0.3, 0.4) is 0 Å². The van der Waals surface area contributed by atoms with Gasteiger partial charge in [-0.25, -0.2) is 5.10 Å². The monoisotopic (exact) mass is 403 g/mol. The molecule has 0 aliphatic carbocycles. The molecular formula is C21H21N7O2. The van der Waals surface area contributed by atoms with E-state index in [0.29, 0.717) is 24.7 Å². The molecule has 2 N–H and O–H groups in total. The lowest BCUT2D eigenvalue weighted by Crippen LogP contribution is -2.31. The standard InChI is InChI=1S/C21H21N7O2/c1-12-14-5-7-18-15-10-13(4-6-17(15)23-24-18)16-11-22-25-20(16)30-9-8-27(2)21(29)19(14)26-28(12)3/h4-7,10-11H,8-9H2,1-3H3,(H,22,25)(H,23,24)/b7-5+. The summed E-state index contributed by atoms with van der Waals surface area (Å²) in [6.07, 6.45) is 5.59. The maximum absolute atomic E-state index is 13.0. The number of carbonyl (C=O) groups excluding carboxylic acids is 1. The Hall–Kier alpha value is -3.88. The lowest BCUT2D eigenvalue weighted by atomic mass is 10.0. The number of amides is 1. The van der Waals surface area contributed by atoms with Crippen molar-refractivity contribution in [2.75, 3.05) is 20.2 Å². The largest absolute Gasteiger partial charge is 0.476 e. The van der Waals surface area contributed by atoms with Crippen LogP contribution >= 0.6 is 0 Å². The van der Waals surface area contributed by atoms with Crippen molar-refractivity contribution in [2.45, 2.75) is 6.92 Å². The molecule has 0 saturated carbocycles. The number of ether oxygens (including phenoxy) is 1. The molecule has 0 unspecified atom stereocenters. The minimum Gasteiger partial charge on any atom is -0.476 e. The van der Waals surface area contributed by atoms with Gasteiger partial charge in [-0.05, 0) is 36.8 Å². The molecule has 1 aromatic carbocycles. The van der Waals surface area contributed by atoms with Crippen molar-refractivity contribution >= 4 is 29.0 Å². The third kappa shape index (κ3) is 2.86. The van der Waals surface area contributed by atoms with Gasteiger partial charge in [-0.2, -0.15) is 15.3 Å². The lowest BCUT2D eigenvalue weighted by Gasteiger charge is -2.16. The Morgan fingerprint density at radius 1 is 1.17 bits per heavy atom. The van der Waals surface area contributed by atoms with E-state index in [9.17, 15) is 4.79 Å². The van der Waals surface area contributed by atoms with Crippen LogP contribution < -0.4 is 4.74 Å². The number of nitrogens with one attached hydrogen (secondary N) is 2. The first kappa shape index (κ1) is 18.2. The number of benzene rings is 1. The second-order valence-corrected chi connectivity index (χ2v) is 7.36. The van der Waals surface area contributed by atoms with Gasteiger partial charge in [-0.1, -0.05) is 6.07 Å². The van der Waals surface area contributed by atoms with Crippen LogP contribution in [0.4, 0.5) is 0 Å². The van der Waals surface area contributed by atoms with E-state index in [0.717, 1.165) is 39.0 Å². The SMILES string of the molecule is Cc1c2c(nn1C)C(=O)N(C)CCOc1[nH]ncc1-c1ccc3n[nH]c(c3c1)/C=C/2. The van der Waals surface area contributed by atoms with E-state index in [1.165, 1.54) is 0 Å². The summed E-state index contributed by atoms with van der Waals surface area (Å²) in [5, 5.41) is 19.9. The van der Waals surface area contributed by atoms with Gasteiger partial charge in [0, 0.05) is 30.7 Å². The molecule has 152 valence electrons. The topological polar surface area (TPSA) is 105 Å². The highest BCUT2D eigenvalue weighted by atomic mass is 16.5. The van der Waals surface area contributed by atoms with Crippen LogP contribution in [-0.2, 0) is 7.05 Å². The third-order valence-electron chi connectivity index (χ3n) is 5.52. The van der Waals surface area contributed by atoms with Crippen LogP contribution in [0.1, 0.15) is 27.4 Å². The highest BCUT2D eigenvalue weighted by Crippen LogP contribution is 2.31. The molecule has 0 spiro atoms. The average Bonchev–Trinajstić information content (AvgIpc) is 3.44. The summed E-state index contributed by atoms with van der Waals surface area (Å²) in [6, 6.07) is 6.01. The van der Waals surface area contributed by atoms with Crippen molar-refractivity contribution in [1.29, 1.82) is 0 Å². The Morgan fingerprint density at radius 3 is 2.90 bits per heavy atom. The molecule has 0 radical (unpaired) electrons. The summed E-state index contributed by atoms with van der Waals surface area (Å²) >= 11 is 0.